The summed E-state index contributed by atoms with van der Waals surface area (Å²) in [5.41, 5.74) is 6.85. The van der Waals surface area contributed by atoms with Crippen molar-refractivity contribution in [2.75, 3.05) is 33.0 Å². The molecule has 1 heterocycles. The van der Waals surface area contributed by atoms with E-state index in [1.54, 1.807) is 19.2 Å². The summed E-state index contributed by atoms with van der Waals surface area (Å²) in [7, 11) is 3.09. The van der Waals surface area contributed by atoms with E-state index in [9.17, 15) is 4.79 Å². The average Bonchev–Trinajstić information content (AvgIpc) is 2.47. The number of methoxy groups -OCH3 is 2. The van der Waals surface area contributed by atoms with Crippen LogP contribution >= 0.6 is 0 Å². The normalized spacial score (nSPS) is 16.1. The van der Waals surface area contributed by atoms with Gasteiger partial charge in [0.1, 0.15) is 11.5 Å². The van der Waals surface area contributed by atoms with Gasteiger partial charge in [0.2, 0.25) is 0 Å². The lowest BCUT2D eigenvalue weighted by molar-refractivity contribution is 0.0697. The number of nitrogen functional groups attached to an aromatic ring is 1. The first kappa shape index (κ1) is 14.5. The number of hydrogen-bond acceptors (Lipinski definition) is 4. The molecule has 2 N–H and O–H groups in total. The molecule has 0 aromatic heterocycles. The fourth-order valence-electron chi connectivity index (χ4n) is 2.45. The Kier molecular flexibility index (Phi) is 4.37. The molecule has 1 fully saturated rings. The molecule has 20 heavy (non-hydrogen) atoms. The van der Waals surface area contributed by atoms with Crippen LogP contribution in [0.25, 0.3) is 0 Å². The predicted octanol–water partition coefficient (Wildman–Crippen LogP) is 2.16. The zero-order valence-corrected chi connectivity index (χ0v) is 12.3. The molecule has 1 aromatic carbocycles. The van der Waals surface area contributed by atoms with Crippen molar-refractivity contribution in [3.05, 3.63) is 17.7 Å². The molecule has 1 aromatic rings. The summed E-state index contributed by atoms with van der Waals surface area (Å²) in [6, 6.07) is 3.36. The van der Waals surface area contributed by atoms with Gasteiger partial charge >= 0.3 is 0 Å². The van der Waals surface area contributed by atoms with Crippen LogP contribution in [0.5, 0.6) is 11.5 Å². The number of likely N-dealkylation sites (tertiary alicyclic amines) is 1. The largest absolute Gasteiger partial charge is 0.497 e. The maximum atomic E-state index is 12.6. The molecule has 110 valence electrons. The molecule has 1 amide bonds. The van der Waals surface area contributed by atoms with E-state index < -0.39 is 0 Å². The van der Waals surface area contributed by atoms with Gasteiger partial charge in [0.15, 0.2) is 0 Å². The molecule has 1 saturated heterocycles. The number of ether oxygens (including phenoxy) is 2. The first-order chi connectivity index (χ1) is 9.56. The average molecular weight is 278 g/mol. The molecule has 0 unspecified atom stereocenters. The lowest BCUT2D eigenvalue weighted by Gasteiger charge is -2.30. The van der Waals surface area contributed by atoms with Crippen LogP contribution in [0.2, 0.25) is 0 Å². The number of rotatable bonds is 3. The second-order valence-corrected chi connectivity index (χ2v) is 5.27. The van der Waals surface area contributed by atoms with E-state index in [1.807, 2.05) is 4.90 Å². The number of piperidine rings is 1. The summed E-state index contributed by atoms with van der Waals surface area (Å²) in [6.07, 6.45) is 2.07. The number of carbonyl (C=O) groups excluding carboxylic acids is 1. The van der Waals surface area contributed by atoms with Gasteiger partial charge in [0.25, 0.3) is 5.91 Å². The Morgan fingerprint density at radius 1 is 1.25 bits per heavy atom. The van der Waals surface area contributed by atoms with E-state index in [-0.39, 0.29) is 5.91 Å². The standard InChI is InChI=1S/C15H22N2O3/c1-10-4-6-17(7-5-10)15(18)12-8-11(19-2)9-13(20-3)14(12)16/h8-10H,4-7,16H2,1-3H3. The Bertz CT molecular complexity index is 494. The van der Waals surface area contributed by atoms with Crippen molar-refractivity contribution in [2.45, 2.75) is 19.8 Å². The summed E-state index contributed by atoms with van der Waals surface area (Å²) >= 11 is 0. The fraction of sp³-hybridized carbons (Fsp3) is 0.533. The van der Waals surface area contributed by atoms with Gasteiger partial charge in [-0.15, -0.1) is 0 Å². The third-order valence-corrected chi connectivity index (χ3v) is 3.87. The first-order valence-electron chi connectivity index (χ1n) is 6.87. The Morgan fingerprint density at radius 2 is 1.90 bits per heavy atom. The quantitative estimate of drug-likeness (QED) is 0.860. The minimum Gasteiger partial charge on any atom is -0.497 e. The van der Waals surface area contributed by atoms with Crippen LogP contribution in [-0.2, 0) is 0 Å². The Morgan fingerprint density at radius 3 is 2.45 bits per heavy atom. The van der Waals surface area contributed by atoms with Crippen LogP contribution < -0.4 is 15.2 Å². The SMILES string of the molecule is COc1cc(OC)c(N)c(C(=O)N2CCC(C)CC2)c1. The fourth-order valence-corrected chi connectivity index (χ4v) is 2.45. The maximum absolute atomic E-state index is 12.6. The van der Waals surface area contributed by atoms with Gasteiger partial charge in [-0.05, 0) is 24.8 Å². The molecule has 0 bridgehead atoms. The molecule has 0 saturated carbocycles. The topological polar surface area (TPSA) is 64.8 Å². The summed E-state index contributed by atoms with van der Waals surface area (Å²) in [5, 5.41) is 0. The zero-order chi connectivity index (χ0) is 14.7. The summed E-state index contributed by atoms with van der Waals surface area (Å²) in [4.78, 5) is 14.5. The van der Waals surface area contributed by atoms with Crippen molar-refractivity contribution in [1.82, 2.24) is 4.90 Å². The molecular formula is C15H22N2O3. The molecular weight excluding hydrogens is 256 g/mol. The van der Waals surface area contributed by atoms with E-state index >= 15 is 0 Å². The Labute approximate surface area is 119 Å². The van der Waals surface area contributed by atoms with Gasteiger partial charge in [-0.3, -0.25) is 4.79 Å². The van der Waals surface area contributed by atoms with Crippen molar-refractivity contribution in [3.8, 4) is 11.5 Å². The van der Waals surface area contributed by atoms with E-state index in [1.165, 1.54) is 7.11 Å². The van der Waals surface area contributed by atoms with Crippen molar-refractivity contribution in [1.29, 1.82) is 0 Å². The van der Waals surface area contributed by atoms with Gasteiger partial charge in [0.05, 0.1) is 25.5 Å². The van der Waals surface area contributed by atoms with Crippen LogP contribution in [0, 0.1) is 5.92 Å². The minimum atomic E-state index is -0.0494. The molecule has 2 rings (SSSR count). The summed E-state index contributed by atoms with van der Waals surface area (Å²) in [5.74, 6) is 1.67. The Balaban J connectivity index is 2.29. The van der Waals surface area contributed by atoms with Gasteiger partial charge in [0, 0.05) is 19.2 Å². The van der Waals surface area contributed by atoms with Crippen LogP contribution in [0.4, 0.5) is 5.69 Å². The highest BCUT2D eigenvalue weighted by atomic mass is 16.5. The maximum Gasteiger partial charge on any atom is 0.256 e. The van der Waals surface area contributed by atoms with Crippen LogP contribution in [0.3, 0.4) is 0 Å². The molecule has 5 heteroatoms. The predicted molar refractivity (Wildman–Crippen MR) is 78.3 cm³/mol. The van der Waals surface area contributed by atoms with E-state index in [4.69, 9.17) is 15.2 Å². The summed E-state index contributed by atoms with van der Waals surface area (Å²) < 4.78 is 10.4. The van der Waals surface area contributed by atoms with E-state index in [2.05, 4.69) is 6.92 Å². The highest BCUT2D eigenvalue weighted by molar-refractivity contribution is 6.01. The van der Waals surface area contributed by atoms with Crippen molar-refractivity contribution >= 4 is 11.6 Å². The van der Waals surface area contributed by atoms with Gasteiger partial charge < -0.3 is 20.1 Å². The zero-order valence-electron chi connectivity index (χ0n) is 12.3. The number of hydrogen-bond donors (Lipinski definition) is 1. The van der Waals surface area contributed by atoms with Crippen LogP contribution in [0.1, 0.15) is 30.1 Å². The third-order valence-electron chi connectivity index (χ3n) is 3.87. The molecule has 0 radical (unpaired) electrons. The van der Waals surface area contributed by atoms with Crippen molar-refractivity contribution in [2.24, 2.45) is 5.92 Å². The highest BCUT2D eigenvalue weighted by Gasteiger charge is 2.24. The number of benzene rings is 1. The van der Waals surface area contributed by atoms with Gasteiger partial charge in [-0.2, -0.15) is 0 Å². The Hall–Kier alpha value is -1.91. The number of amides is 1. The second-order valence-electron chi connectivity index (χ2n) is 5.27. The lowest BCUT2D eigenvalue weighted by atomic mass is 9.98. The van der Waals surface area contributed by atoms with Crippen LogP contribution in [0.15, 0.2) is 12.1 Å². The minimum absolute atomic E-state index is 0.0494. The van der Waals surface area contributed by atoms with E-state index in [0.29, 0.717) is 28.7 Å². The molecule has 0 atom stereocenters. The molecule has 1 aliphatic heterocycles. The van der Waals surface area contributed by atoms with Crippen molar-refractivity contribution < 1.29 is 14.3 Å². The highest BCUT2D eigenvalue weighted by Crippen LogP contribution is 2.32. The van der Waals surface area contributed by atoms with Crippen molar-refractivity contribution in [3.63, 3.8) is 0 Å². The second kappa shape index (κ2) is 6.03. The van der Waals surface area contributed by atoms with Gasteiger partial charge in [-0.25, -0.2) is 0 Å². The number of carbonyl (C=O) groups is 1. The smallest absolute Gasteiger partial charge is 0.256 e. The lowest BCUT2D eigenvalue weighted by Crippen LogP contribution is -2.38. The molecule has 0 spiro atoms. The molecule has 0 aliphatic carbocycles. The third kappa shape index (κ3) is 2.81. The van der Waals surface area contributed by atoms with Gasteiger partial charge in [-0.1, -0.05) is 6.92 Å². The van der Waals surface area contributed by atoms with E-state index in [0.717, 1.165) is 25.9 Å². The number of nitrogens with zero attached hydrogens (tertiary/aromatic N) is 1. The first-order valence-corrected chi connectivity index (χ1v) is 6.87. The number of nitrogens with two attached hydrogens (primary N) is 1. The molecule has 1 aliphatic rings. The summed E-state index contributed by atoms with van der Waals surface area (Å²) in [6.45, 7) is 3.77. The number of anilines is 1. The monoisotopic (exact) mass is 278 g/mol. The molecule has 5 nitrogen and oxygen atoms in total. The van der Waals surface area contributed by atoms with Crippen LogP contribution in [-0.4, -0.2) is 38.1 Å².